The van der Waals surface area contributed by atoms with E-state index in [1.165, 1.54) is 0 Å². The lowest BCUT2D eigenvalue weighted by Gasteiger charge is -2.48. The molecule has 0 bridgehead atoms. The average Bonchev–Trinajstić information content (AvgIpc) is 2.42. The second-order valence-corrected chi connectivity index (χ2v) is 8.09. The summed E-state index contributed by atoms with van der Waals surface area (Å²) in [5, 5.41) is 0.604. The Balaban J connectivity index is 1.80. The molecular formula is C17H26ClFN4. The van der Waals surface area contributed by atoms with Gasteiger partial charge in [-0.3, -0.25) is 4.90 Å². The molecule has 3 rings (SSSR count). The van der Waals surface area contributed by atoms with Crippen LogP contribution in [-0.2, 0) is 0 Å². The number of nitrogens with zero attached hydrogens (tertiary/aromatic N) is 4. The van der Waals surface area contributed by atoms with E-state index in [1.807, 2.05) is 11.0 Å². The highest BCUT2D eigenvalue weighted by atomic mass is 35.5. The largest absolute Gasteiger partial charge is 0.363 e. The standard InChI is InChI=1S/C17H26ClFN4/c1-12-9-21(5-6-23(12)17(2,3)4)16-15(7-13(18)8-20-16)22-10-14(19)11-22/h7-8,12,14H,5-6,9-11H2,1-4H3/t12-/m1/s1. The Morgan fingerprint density at radius 1 is 1.17 bits per heavy atom. The van der Waals surface area contributed by atoms with Crippen molar-refractivity contribution in [3.8, 4) is 0 Å². The Bertz CT molecular complexity index is 568. The first-order valence-corrected chi connectivity index (χ1v) is 8.70. The van der Waals surface area contributed by atoms with Crippen LogP contribution in [0.3, 0.4) is 0 Å². The summed E-state index contributed by atoms with van der Waals surface area (Å²) < 4.78 is 13.3. The molecule has 1 aromatic heterocycles. The van der Waals surface area contributed by atoms with Gasteiger partial charge in [0.05, 0.1) is 23.8 Å². The first-order valence-electron chi connectivity index (χ1n) is 8.32. The maximum absolute atomic E-state index is 13.3. The van der Waals surface area contributed by atoms with Crippen LogP contribution in [0.15, 0.2) is 12.3 Å². The summed E-state index contributed by atoms with van der Waals surface area (Å²) >= 11 is 6.12. The second kappa shape index (κ2) is 6.10. The summed E-state index contributed by atoms with van der Waals surface area (Å²) in [4.78, 5) is 11.4. The molecule has 2 aliphatic heterocycles. The van der Waals surface area contributed by atoms with E-state index in [4.69, 9.17) is 11.6 Å². The number of aromatic nitrogens is 1. The second-order valence-electron chi connectivity index (χ2n) is 7.66. The van der Waals surface area contributed by atoms with Crippen molar-refractivity contribution in [3.05, 3.63) is 17.3 Å². The summed E-state index contributed by atoms with van der Waals surface area (Å²) in [6.07, 6.45) is 0.951. The Labute approximate surface area is 143 Å². The highest BCUT2D eigenvalue weighted by molar-refractivity contribution is 6.30. The molecule has 0 N–H and O–H groups in total. The van der Waals surface area contributed by atoms with Crippen LogP contribution in [0.1, 0.15) is 27.7 Å². The molecule has 0 radical (unpaired) electrons. The SMILES string of the molecule is C[C@@H]1CN(c2ncc(Cl)cc2N2CC(F)C2)CCN1C(C)(C)C. The predicted octanol–water partition coefficient (Wildman–Crippen LogP) is 3.20. The number of halogens is 2. The monoisotopic (exact) mass is 340 g/mol. The van der Waals surface area contributed by atoms with Gasteiger partial charge in [-0.1, -0.05) is 11.6 Å². The Morgan fingerprint density at radius 2 is 1.87 bits per heavy atom. The van der Waals surface area contributed by atoms with Crippen molar-refractivity contribution in [3.63, 3.8) is 0 Å². The molecule has 0 saturated carbocycles. The highest BCUT2D eigenvalue weighted by Crippen LogP contribution is 2.35. The minimum Gasteiger partial charge on any atom is -0.363 e. The van der Waals surface area contributed by atoms with Crippen LogP contribution in [0, 0.1) is 0 Å². The normalized spacial score (nSPS) is 24.0. The number of hydrogen-bond donors (Lipinski definition) is 0. The molecule has 0 unspecified atom stereocenters. The summed E-state index contributed by atoms with van der Waals surface area (Å²) in [6, 6.07) is 2.36. The van der Waals surface area contributed by atoms with Crippen molar-refractivity contribution in [2.24, 2.45) is 0 Å². The van der Waals surface area contributed by atoms with Crippen molar-refractivity contribution >= 4 is 23.1 Å². The third kappa shape index (κ3) is 3.41. The molecule has 2 saturated heterocycles. The van der Waals surface area contributed by atoms with E-state index in [0.717, 1.165) is 31.1 Å². The van der Waals surface area contributed by atoms with Gasteiger partial charge in [-0.2, -0.15) is 0 Å². The van der Waals surface area contributed by atoms with E-state index in [0.29, 0.717) is 24.2 Å². The van der Waals surface area contributed by atoms with Gasteiger partial charge in [-0.15, -0.1) is 0 Å². The fourth-order valence-corrected chi connectivity index (χ4v) is 3.82. The van der Waals surface area contributed by atoms with Gasteiger partial charge < -0.3 is 9.80 Å². The van der Waals surface area contributed by atoms with Crippen molar-refractivity contribution in [1.29, 1.82) is 0 Å². The van der Waals surface area contributed by atoms with E-state index in [9.17, 15) is 4.39 Å². The molecule has 0 aromatic carbocycles. The molecule has 1 aromatic rings. The third-order valence-corrected chi connectivity index (χ3v) is 4.99. The van der Waals surface area contributed by atoms with Crippen molar-refractivity contribution in [1.82, 2.24) is 9.88 Å². The Kier molecular flexibility index (Phi) is 4.45. The van der Waals surface area contributed by atoms with Gasteiger partial charge in [0.15, 0.2) is 5.82 Å². The zero-order valence-corrected chi connectivity index (χ0v) is 15.1. The molecule has 0 spiro atoms. The average molecular weight is 341 g/mol. The van der Waals surface area contributed by atoms with Gasteiger partial charge in [0.25, 0.3) is 0 Å². The van der Waals surface area contributed by atoms with E-state index in [1.54, 1.807) is 6.20 Å². The molecule has 4 nitrogen and oxygen atoms in total. The predicted molar refractivity (Wildman–Crippen MR) is 94.5 cm³/mol. The van der Waals surface area contributed by atoms with Gasteiger partial charge in [-0.25, -0.2) is 9.37 Å². The molecule has 2 fully saturated rings. The lowest BCUT2D eigenvalue weighted by atomic mass is 10.0. The lowest BCUT2D eigenvalue weighted by molar-refractivity contribution is 0.0797. The minimum atomic E-state index is -0.738. The van der Waals surface area contributed by atoms with Crippen LogP contribution >= 0.6 is 11.6 Å². The van der Waals surface area contributed by atoms with E-state index < -0.39 is 6.17 Å². The first-order chi connectivity index (χ1) is 10.8. The molecule has 2 aliphatic rings. The van der Waals surface area contributed by atoms with Crippen LogP contribution < -0.4 is 9.80 Å². The fraction of sp³-hybridized carbons (Fsp3) is 0.706. The van der Waals surface area contributed by atoms with Crippen LogP contribution in [-0.4, -0.2) is 60.4 Å². The smallest absolute Gasteiger partial charge is 0.152 e. The molecule has 1 atom stereocenters. The maximum atomic E-state index is 13.3. The van der Waals surface area contributed by atoms with Crippen molar-refractivity contribution in [2.75, 3.05) is 42.5 Å². The van der Waals surface area contributed by atoms with Crippen LogP contribution in [0.5, 0.6) is 0 Å². The number of pyridine rings is 1. The van der Waals surface area contributed by atoms with Crippen LogP contribution in [0.2, 0.25) is 5.02 Å². The highest BCUT2D eigenvalue weighted by Gasteiger charge is 2.34. The third-order valence-electron chi connectivity index (χ3n) is 4.78. The molecule has 3 heterocycles. The van der Waals surface area contributed by atoms with Crippen molar-refractivity contribution in [2.45, 2.75) is 45.4 Å². The Hall–Kier alpha value is -1.07. The van der Waals surface area contributed by atoms with Crippen molar-refractivity contribution < 1.29 is 4.39 Å². The Morgan fingerprint density at radius 3 is 2.43 bits per heavy atom. The number of alkyl halides is 1. The number of hydrogen-bond acceptors (Lipinski definition) is 4. The first kappa shape index (κ1) is 16.8. The van der Waals surface area contributed by atoms with Gasteiger partial charge in [0, 0.05) is 37.4 Å². The van der Waals surface area contributed by atoms with Gasteiger partial charge in [0.1, 0.15) is 6.17 Å². The molecule has 0 aliphatic carbocycles. The zero-order valence-electron chi connectivity index (χ0n) is 14.4. The van der Waals surface area contributed by atoms with Crippen LogP contribution in [0.4, 0.5) is 15.9 Å². The van der Waals surface area contributed by atoms with Gasteiger partial charge in [0.2, 0.25) is 0 Å². The fourth-order valence-electron chi connectivity index (χ4n) is 3.67. The number of rotatable bonds is 2. The molecular weight excluding hydrogens is 315 g/mol. The van der Waals surface area contributed by atoms with E-state index in [2.05, 4.69) is 42.5 Å². The van der Waals surface area contributed by atoms with Gasteiger partial charge >= 0.3 is 0 Å². The molecule has 6 heteroatoms. The summed E-state index contributed by atoms with van der Waals surface area (Å²) in [5.41, 5.74) is 1.13. The maximum Gasteiger partial charge on any atom is 0.152 e. The molecule has 23 heavy (non-hydrogen) atoms. The van der Waals surface area contributed by atoms with Gasteiger partial charge in [-0.05, 0) is 33.8 Å². The quantitative estimate of drug-likeness (QED) is 0.824. The molecule has 128 valence electrons. The van der Waals surface area contributed by atoms with E-state index >= 15 is 0 Å². The van der Waals surface area contributed by atoms with E-state index in [-0.39, 0.29) is 5.54 Å². The minimum absolute atomic E-state index is 0.167. The zero-order chi connectivity index (χ0) is 16.8. The van der Waals surface area contributed by atoms with Crippen LogP contribution in [0.25, 0.3) is 0 Å². The number of anilines is 2. The lowest BCUT2D eigenvalue weighted by Crippen LogP contribution is -2.58. The number of piperazine rings is 1. The summed E-state index contributed by atoms with van der Waals surface area (Å²) in [5.74, 6) is 0.932. The topological polar surface area (TPSA) is 22.6 Å². The molecule has 0 amide bonds. The summed E-state index contributed by atoms with van der Waals surface area (Å²) in [6.45, 7) is 12.8. The summed E-state index contributed by atoms with van der Waals surface area (Å²) in [7, 11) is 0.